The highest BCUT2D eigenvalue weighted by Gasteiger charge is 2.34. The fourth-order valence-electron chi connectivity index (χ4n) is 3.29. The maximum absolute atomic E-state index is 6.05. The predicted octanol–water partition coefficient (Wildman–Crippen LogP) is 0.710. The van der Waals surface area contributed by atoms with Gasteiger partial charge in [-0.2, -0.15) is 9.97 Å². The van der Waals surface area contributed by atoms with Crippen molar-refractivity contribution in [2.45, 2.75) is 32.4 Å². The van der Waals surface area contributed by atoms with Crippen molar-refractivity contribution < 1.29 is 4.74 Å². The molecule has 0 radical (unpaired) electrons. The number of rotatable bonds is 3. The smallest absolute Gasteiger partial charge is 0.224 e. The third-order valence-corrected chi connectivity index (χ3v) is 4.74. The van der Waals surface area contributed by atoms with Gasteiger partial charge in [0.15, 0.2) is 11.6 Å². The second-order valence-corrected chi connectivity index (χ2v) is 6.51. The number of aromatic nitrogens is 2. The lowest BCUT2D eigenvalue weighted by molar-refractivity contribution is 0.234. The van der Waals surface area contributed by atoms with Crippen molar-refractivity contribution in [2.24, 2.45) is 5.92 Å². The molecule has 3 N–H and O–H groups in total. The molecule has 7 heteroatoms. The van der Waals surface area contributed by atoms with E-state index < -0.39 is 0 Å². The molecule has 3 heterocycles. The van der Waals surface area contributed by atoms with Crippen LogP contribution in [0.3, 0.4) is 0 Å². The monoisotopic (exact) mass is 306 g/mol. The largest absolute Gasteiger partial charge is 0.484 e. The van der Waals surface area contributed by atoms with Crippen molar-refractivity contribution in [1.82, 2.24) is 15.3 Å². The van der Waals surface area contributed by atoms with E-state index in [1.165, 1.54) is 0 Å². The number of hydrogen-bond acceptors (Lipinski definition) is 7. The summed E-state index contributed by atoms with van der Waals surface area (Å²) in [4.78, 5) is 13.3. The van der Waals surface area contributed by atoms with Gasteiger partial charge in [0.05, 0.1) is 6.04 Å². The zero-order valence-corrected chi connectivity index (χ0v) is 13.8. The Morgan fingerprint density at radius 3 is 2.68 bits per heavy atom. The molecule has 122 valence electrons. The molecule has 1 saturated heterocycles. The maximum atomic E-state index is 6.05. The summed E-state index contributed by atoms with van der Waals surface area (Å²) in [6.07, 6.45) is 1.10. The lowest BCUT2D eigenvalue weighted by Gasteiger charge is -2.38. The van der Waals surface area contributed by atoms with Gasteiger partial charge in [-0.1, -0.05) is 13.8 Å². The number of nitrogens with two attached hydrogens (primary N) is 1. The first-order chi connectivity index (χ1) is 10.5. The molecule has 2 aliphatic heterocycles. The highest BCUT2D eigenvalue weighted by Crippen LogP contribution is 2.41. The molecule has 0 spiro atoms. The molecular weight excluding hydrogens is 280 g/mol. The van der Waals surface area contributed by atoms with Gasteiger partial charge in [-0.05, 0) is 19.4 Å². The summed E-state index contributed by atoms with van der Waals surface area (Å²) in [5.74, 6) is 3.19. The minimum atomic E-state index is 0.304. The molecule has 22 heavy (non-hydrogen) atoms. The first-order valence-electron chi connectivity index (χ1n) is 7.96. The molecule has 2 aliphatic rings. The highest BCUT2D eigenvalue weighted by atomic mass is 16.5. The number of nitrogens with zero attached hydrogens (tertiary/aromatic N) is 4. The summed E-state index contributed by atoms with van der Waals surface area (Å²) in [5.41, 5.74) is 5.95. The van der Waals surface area contributed by atoms with Crippen molar-refractivity contribution in [3.05, 3.63) is 0 Å². The molecule has 1 fully saturated rings. The Labute approximate surface area is 131 Å². The van der Waals surface area contributed by atoms with E-state index in [1.54, 1.807) is 0 Å². The lowest BCUT2D eigenvalue weighted by atomic mass is 10.0. The standard InChI is InChI=1S/C15H26N6O/c1-9(2)11-8-22-12-13(20(11)4)18-15(16)19-14(12)21-6-5-10(7-21)17-3/h9-11,17H,5-8H2,1-4H3,(H2,16,18,19)/t10-,11?/m1/s1. The second-order valence-electron chi connectivity index (χ2n) is 6.51. The summed E-state index contributed by atoms with van der Waals surface area (Å²) >= 11 is 0. The van der Waals surface area contributed by atoms with Gasteiger partial charge >= 0.3 is 0 Å². The van der Waals surface area contributed by atoms with E-state index >= 15 is 0 Å². The minimum Gasteiger partial charge on any atom is -0.484 e. The van der Waals surface area contributed by atoms with Crippen LogP contribution in [-0.4, -0.2) is 55.8 Å². The molecule has 0 aliphatic carbocycles. The number of nitrogens with one attached hydrogen (secondary N) is 1. The van der Waals surface area contributed by atoms with Crippen LogP contribution < -0.4 is 25.6 Å². The average molecular weight is 306 g/mol. The Morgan fingerprint density at radius 2 is 2.05 bits per heavy atom. The van der Waals surface area contributed by atoms with Gasteiger partial charge < -0.3 is 25.6 Å². The summed E-state index contributed by atoms with van der Waals surface area (Å²) in [5, 5.41) is 3.32. The van der Waals surface area contributed by atoms with Crippen LogP contribution >= 0.6 is 0 Å². The van der Waals surface area contributed by atoms with Crippen LogP contribution in [-0.2, 0) is 0 Å². The molecule has 7 nitrogen and oxygen atoms in total. The van der Waals surface area contributed by atoms with Gasteiger partial charge in [0.2, 0.25) is 11.7 Å². The molecule has 0 amide bonds. The Hall–Kier alpha value is -1.76. The SMILES string of the molecule is CN[C@@H]1CCN(c2nc(N)nc3c2OCC(C(C)C)N3C)C1. The Morgan fingerprint density at radius 1 is 1.32 bits per heavy atom. The van der Waals surface area contributed by atoms with Crippen LogP contribution in [0.4, 0.5) is 17.6 Å². The van der Waals surface area contributed by atoms with Gasteiger partial charge in [-0.15, -0.1) is 0 Å². The number of nitrogen functional groups attached to an aromatic ring is 1. The van der Waals surface area contributed by atoms with Gasteiger partial charge in [-0.25, -0.2) is 0 Å². The molecule has 0 bridgehead atoms. The third kappa shape index (κ3) is 2.54. The van der Waals surface area contributed by atoms with Gasteiger partial charge in [0, 0.05) is 26.2 Å². The van der Waals surface area contributed by atoms with Crippen molar-refractivity contribution >= 4 is 17.6 Å². The Kier molecular flexibility index (Phi) is 3.99. The topological polar surface area (TPSA) is 79.5 Å². The zero-order chi connectivity index (χ0) is 15.9. The van der Waals surface area contributed by atoms with Crippen molar-refractivity contribution in [3.63, 3.8) is 0 Å². The number of hydrogen-bond donors (Lipinski definition) is 2. The number of fused-ring (bicyclic) bond motifs is 1. The van der Waals surface area contributed by atoms with Crippen LogP contribution in [0.15, 0.2) is 0 Å². The van der Waals surface area contributed by atoms with Gasteiger partial charge in [-0.3, -0.25) is 0 Å². The van der Waals surface area contributed by atoms with Gasteiger partial charge in [0.1, 0.15) is 6.61 Å². The Balaban J connectivity index is 1.95. The number of likely N-dealkylation sites (N-methyl/N-ethyl adjacent to an activating group) is 2. The molecule has 3 rings (SSSR count). The summed E-state index contributed by atoms with van der Waals surface area (Å²) in [6, 6.07) is 0.787. The van der Waals surface area contributed by atoms with E-state index in [9.17, 15) is 0 Å². The molecule has 1 aromatic heterocycles. The lowest BCUT2D eigenvalue weighted by Crippen LogP contribution is -2.45. The van der Waals surface area contributed by atoms with E-state index in [-0.39, 0.29) is 0 Å². The molecular formula is C15H26N6O. The van der Waals surface area contributed by atoms with Crippen LogP contribution in [0, 0.1) is 5.92 Å². The number of anilines is 3. The van der Waals surface area contributed by atoms with Crippen LogP contribution in [0.2, 0.25) is 0 Å². The van der Waals surface area contributed by atoms with E-state index in [0.717, 1.165) is 36.9 Å². The first kappa shape index (κ1) is 15.1. The fraction of sp³-hybridized carbons (Fsp3) is 0.733. The minimum absolute atomic E-state index is 0.304. The molecule has 0 saturated carbocycles. The molecule has 0 aromatic carbocycles. The van der Waals surface area contributed by atoms with E-state index in [4.69, 9.17) is 10.5 Å². The highest BCUT2D eigenvalue weighted by molar-refractivity contribution is 5.69. The quantitative estimate of drug-likeness (QED) is 0.851. The summed E-state index contributed by atoms with van der Waals surface area (Å²) < 4.78 is 6.05. The van der Waals surface area contributed by atoms with Gasteiger partial charge in [0.25, 0.3) is 0 Å². The van der Waals surface area contributed by atoms with Crippen LogP contribution in [0.25, 0.3) is 0 Å². The number of ether oxygens (including phenoxy) is 1. The Bertz CT molecular complexity index is 549. The van der Waals surface area contributed by atoms with Crippen molar-refractivity contribution in [1.29, 1.82) is 0 Å². The average Bonchev–Trinajstić information content (AvgIpc) is 2.96. The summed E-state index contributed by atoms with van der Waals surface area (Å²) in [7, 11) is 4.05. The molecule has 2 atom stereocenters. The molecule has 1 aromatic rings. The van der Waals surface area contributed by atoms with E-state index in [0.29, 0.717) is 30.6 Å². The zero-order valence-electron chi connectivity index (χ0n) is 13.8. The maximum Gasteiger partial charge on any atom is 0.224 e. The first-order valence-corrected chi connectivity index (χ1v) is 7.96. The van der Waals surface area contributed by atoms with Crippen LogP contribution in [0.1, 0.15) is 20.3 Å². The molecule has 1 unspecified atom stereocenters. The normalized spacial score (nSPS) is 24.6. The van der Waals surface area contributed by atoms with E-state index in [1.807, 2.05) is 7.05 Å². The third-order valence-electron chi connectivity index (χ3n) is 4.74. The van der Waals surface area contributed by atoms with Crippen molar-refractivity contribution in [3.8, 4) is 5.75 Å². The predicted molar refractivity (Wildman–Crippen MR) is 88.6 cm³/mol. The van der Waals surface area contributed by atoms with Crippen LogP contribution in [0.5, 0.6) is 5.75 Å². The second kappa shape index (κ2) is 5.79. The van der Waals surface area contributed by atoms with E-state index in [2.05, 4.69) is 46.0 Å². The summed E-state index contributed by atoms with van der Waals surface area (Å²) in [6.45, 7) is 6.91. The fourth-order valence-corrected chi connectivity index (χ4v) is 3.29. The van der Waals surface area contributed by atoms with Crippen molar-refractivity contribution in [2.75, 3.05) is 49.3 Å².